The molecular weight excluding hydrogens is 276 g/mol. The second-order valence-corrected chi connectivity index (χ2v) is 4.22. The lowest BCUT2D eigenvalue weighted by Crippen LogP contribution is -2.42. The second-order valence-electron chi connectivity index (χ2n) is 4.22. The summed E-state index contributed by atoms with van der Waals surface area (Å²) in [5, 5.41) is 19.6. The SMILES string of the molecule is COc1ccc(CCN)cc1.N[C@@H](CCC(=O)[O-])C(=O)[O-]. The molecule has 7 nitrogen and oxygen atoms in total. The summed E-state index contributed by atoms with van der Waals surface area (Å²) in [4.78, 5) is 19.6. The molecular formula is C14H20N2O5-2. The highest BCUT2D eigenvalue weighted by molar-refractivity contribution is 5.72. The molecule has 0 heterocycles. The smallest absolute Gasteiger partial charge is 0.118 e. The summed E-state index contributed by atoms with van der Waals surface area (Å²) in [6.07, 6.45) is 0.434. The molecule has 21 heavy (non-hydrogen) atoms. The molecule has 0 unspecified atom stereocenters. The van der Waals surface area contributed by atoms with Crippen molar-refractivity contribution in [3.63, 3.8) is 0 Å². The molecule has 7 heteroatoms. The Labute approximate surface area is 123 Å². The molecule has 0 amide bonds. The van der Waals surface area contributed by atoms with Crippen LogP contribution >= 0.6 is 0 Å². The molecule has 0 bridgehead atoms. The number of carbonyl (C=O) groups excluding carboxylic acids is 2. The summed E-state index contributed by atoms with van der Waals surface area (Å²) < 4.78 is 5.02. The number of aliphatic carboxylic acids is 2. The maximum Gasteiger partial charge on any atom is 0.118 e. The zero-order chi connectivity index (χ0) is 16.3. The minimum absolute atomic E-state index is 0.148. The molecule has 0 aliphatic carbocycles. The average Bonchev–Trinajstić information content (AvgIpc) is 2.46. The molecule has 0 spiro atoms. The van der Waals surface area contributed by atoms with E-state index >= 15 is 0 Å². The Kier molecular flexibility index (Phi) is 9.57. The van der Waals surface area contributed by atoms with Gasteiger partial charge in [0.05, 0.1) is 13.1 Å². The third-order valence-electron chi connectivity index (χ3n) is 2.55. The van der Waals surface area contributed by atoms with Crippen molar-refractivity contribution in [2.24, 2.45) is 11.5 Å². The first-order valence-corrected chi connectivity index (χ1v) is 6.40. The van der Waals surface area contributed by atoms with Crippen molar-refractivity contribution in [1.82, 2.24) is 0 Å². The monoisotopic (exact) mass is 296 g/mol. The summed E-state index contributed by atoms with van der Waals surface area (Å²) in [6, 6.07) is 6.76. The highest BCUT2D eigenvalue weighted by Crippen LogP contribution is 2.10. The molecule has 0 fully saturated rings. The molecule has 1 rings (SSSR count). The van der Waals surface area contributed by atoms with Crippen molar-refractivity contribution in [1.29, 1.82) is 0 Å². The molecule has 0 aliphatic rings. The van der Waals surface area contributed by atoms with Gasteiger partial charge >= 0.3 is 0 Å². The average molecular weight is 296 g/mol. The summed E-state index contributed by atoms with van der Waals surface area (Å²) in [6.45, 7) is 0.701. The van der Waals surface area contributed by atoms with Crippen molar-refractivity contribution in [3.8, 4) is 5.75 Å². The molecule has 0 aromatic heterocycles. The van der Waals surface area contributed by atoms with E-state index in [1.54, 1.807) is 7.11 Å². The maximum atomic E-state index is 9.86. The molecule has 0 radical (unpaired) electrons. The predicted molar refractivity (Wildman–Crippen MR) is 73.0 cm³/mol. The molecule has 0 saturated heterocycles. The van der Waals surface area contributed by atoms with Crippen LogP contribution < -0.4 is 26.4 Å². The molecule has 118 valence electrons. The van der Waals surface area contributed by atoms with Crippen molar-refractivity contribution < 1.29 is 24.5 Å². The van der Waals surface area contributed by atoms with E-state index in [1.807, 2.05) is 24.3 Å². The summed E-state index contributed by atoms with van der Waals surface area (Å²) in [7, 11) is 1.66. The number of ether oxygens (including phenoxy) is 1. The maximum absolute atomic E-state index is 9.86. The van der Waals surface area contributed by atoms with Gasteiger partial charge in [-0.15, -0.1) is 0 Å². The van der Waals surface area contributed by atoms with Crippen LogP contribution in [0.3, 0.4) is 0 Å². The van der Waals surface area contributed by atoms with E-state index in [-0.39, 0.29) is 12.8 Å². The molecule has 1 aromatic carbocycles. The summed E-state index contributed by atoms with van der Waals surface area (Å²) >= 11 is 0. The van der Waals surface area contributed by atoms with Gasteiger partial charge in [0.15, 0.2) is 0 Å². The fourth-order valence-corrected chi connectivity index (χ4v) is 1.35. The van der Waals surface area contributed by atoms with Crippen molar-refractivity contribution in [3.05, 3.63) is 29.8 Å². The first-order chi connectivity index (χ1) is 9.90. The number of hydrogen-bond donors (Lipinski definition) is 2. The fourth-order valence-electron chi connectivity index (χ4n) is 1.35. The van der Waals surface area contributed by atoms with E-state index < -0.39 is 18.0 Å². The number of carbonyl (C=O) groups is 2. The Morgan fingerprint density at radius 2 is 1.81 bits per heavy atom. The number of carboxylic acid groups (broad SMARTS) is 2. The van der Waals surface area contributed by atoms with Gasteiger partial charge < -0.3 is 36.0 Å². The molecule has 0 saturated carbocycles. The lowest BCUT2D eigenvalue weighted by molar-refractivity contribution is -0.309. The third kappa shape index (κ3) is 9.42. The van der Waals surface area contributed by atoms with E-state index in [0.29, 0.717) is 6.54 Å². The first-order valence-electron chi connectivity index (χ1n) is 6.40. The Bertz CT molecular complexity index is 433. The van der Waals surface area contributed by atoms with Crippen LogP contribution in [0, 0.1) is 0 Å². The van der Waals surface area contributed by atoms with Gasteiger partial charge in [0.2, 0.25) is 0 Å². The van der Waals surface area contributed by atoms with Gasteiger partial charge in [-0.05, 0) is 43.5 Å². The Hall–Kier alpha value is -2.12. The zero-order valence-electron chi connectivity index (χ0n) is 11.9. The third-order valence-corrected chi connectivity index (χ3v) is 2.55. The Morgan fingerprint density at radius 1 is 1.24 bits per heavy atom. The van der Waals surface area contributed by atoms with Crippen molar-refractivity contribution in [2.75, 3.05) is 13.7 Å². The van der Waals surface area contributed by atoms with Gasteiger partial charge in [-0.1, -0.05) is 12.1 Å². The largest absolute Gasteiger partial charge is 0.550 e. The van der Waals surface area contributed by atoms with Crippen LogP contribution in [0.1, 0.15) is 18.4 Å². The minimum atomic E-state index is -1.44. The standard InChI is InChI=1S/C9H13NO.C5H9NO4/c1-11-9-4-2-8(3-5-9)6-7-10;6-3(5(9)10)1-2-4(7)8/h2-5H,6-7,10H2,1H3;3H,1-2,6H2,(H,7,8)(H,9,10)/p-2/t;3-/m.0/s1. The number of hydrogen-bond acceptors (Lipinski definition) is 7. The number of nitrogens with two attached hydrogens (primary N) is 2. The Morgan fingerprint density at radius 3 is 2.19 bits per heavy atom. The van der Waals surface area contributed by atoms with E-state index in [2.05, 4.69) is 0 Å². The fraction of sp³-hybridized carbons (Fsp3) is 0.429. The number of methoxy groups -OCH3 is 1. The Balaban J connectivity index is 0.000000384. The van der Waals surface area contributed by atoms with E-state index in [9.17, 15) is 19.8 Å². The van der Waals surface area contributed by atoms with E-state index in [4.69, 9.17) is 16.2 Å². The van der Waals surface area contributed by atoms with Gasteiger partial charge in [0, 0.05) is 12.0 Å². The van der Waals surface area contributed by atoms with Crippen LogP contribution in [0.25, 0.3) is 0 Å². The van der Waals surface area contributed by atoms with Gasteiger partial charge in [-0.3, -0.25) is 0 Å². The van der Waals surface area contributed by atoms with Crippen LogP contribution in [0.15, 0.2) is 24.3 Å². The quantitative estimate of drug-likeness (QED) is 0.581. The second kappa shape index (κ2) is 10.6. The number of rotatable bonds is 7. The van der Waals surface area contributed by atoms with Crippen molar-refractivity contribution in [2.45, 2.75) is 25.3 Å². The first kappa shape index (κ1) is 18.9. The van der Waals surface area contributed by atoms with Crippen LogP contribution in [-0.2, 0) is 16.0 Å². The summed E-state index contributed by atoms with van der Waals surface area (Å²) in [5.41, 5.74) is 11.6. The lowest BCUT2D eigenvalue weighted by atomic mass is 10.1. The zero-order valence-corrected chi connectivity index (χ0v) is 11.9. The number of benzene rings is 1. The van der Waals surface area contributed by atoms with Crippen LogP contribution in [0.4, 0.5) is 0 Å². The number of carboxylic acids is 2. The van der Waals surface area contributed by atoms with Crippen LogP contribution in [-0.4, -0.2) is 31.6 Å². The van der Waals surface area contributed by atoms with Gasteiger partial charge in [0.1, 0.15) is 5.75 Å². The highest BCUT2D eigenvalue weighted by atomic mass is 16.5. The van der Waals surface area contributed by atoms with Crippen LogP contribution in [0.5, 0.6) is 5.75 Å². The molecule has 4 N–H and O–H groups in total. The molecule has 1 atom stereocenters. The normalized spacial score (nSPS) is 11.0. The predicted octanol–water partition coefficient (Wildman–Crippen LogP) is -2.21. The van der Waals surface area contributed by atoms with E-state index in [0.717, 1.165) is 12.2 Å². The summed E-state index contributed by atoms with van der Waals surface area (Å²) in [5.74, 6) is -1.86. The molecule has 1 aromatic rings. The van der Waals surface area contributed by atoms with Crippen molar-refractivity contribution >= 4 is 11.9 Å². The topological polar surface area (TPSA) is 142 Å². The lowest BCUT2D eigenvalue weighted by Gasteiger charge is -2.11. The highest BCUT2D eigenvalue weighted by Gasteiger charge is 2.01. The van der Waals surface area contributed by atoms with Gasteiger partial charge in [-0.25, -0.2) is 0 Å². The van der Waals surface area contributed by atoms with Gasteiger partial charge in [0.25, 0.3) is 0 Å². The minimum Gasteiger partial charge on any atom is -0.550 e. The van der Waals surface area contributed by atoms with Crippen LogP contribution in [0.2, 0.25) is 0 Å². The van der Waals surface area contributed by atoms with E-state index in [1.165, 1.54) is 5.56 Å². The molecule has 0 aliphatic heterocycles. The van der Waals surface area contributed by atoms with Gasteiger partial charge in [-0.2, -0.15) is 0 Å².